The quantitative estimate of drug-likeness (QED) is 0.405. The maximum atomic E-state index is 4.65. The summed E-state index contributed by atoms with van der Waals surface area (Å²) in [5, 5.41) is 0. The molecule has 0 aliphatic heterocycles. The topological polar surface area (TPSA) is 0 Å². The molecule has 170 valence electrons. The van der Waals surface area contributed by atoms with Crippen molar-refractivity contribution in [3.63, 3.8) is 0 Å². The molecule has 4 rings (SSSR count). The van der Waals surface area contributed by atoms with E-state index in [-0.39, 0.29) is 0 Å². The van der Waals surface area contributed by atoms with Crippen molar-refractivity contribution in [1.29, 1.82) is 0 Å². The van der Waals surface area contributed by atoms with Crippen LogP contribution >= 0.6 is 0 Å². The molecule has 0 heteroatoms. The molecule has 0 amide bonds. The Morgan fingerprint density at radius 2 is 1.53 bits per heavy atom. The highest BCUT2D eigenvalue weighted by atomic mass is 14.7. The van der Waals surface area contributed by atoms with Gasteiger partial charge in [0.05, 0.1) is 0 Å². The molecule has 0 heterocycles. The number of rotatable bonds is 4. The van der Waals surface area contributed by atoms with Crippen LogP contribution in [0.4, 0.5) is 0 Å². The van der Waals surface area contributed by atoms with Crippen molar-refractivity contribution in [3.8, 4) is 0 Å². The van der Waals surface area contributed by atoms with Gasteiger partial charge in [-0.3, -0.25) is 0 Å². The third-order valence-electron chi connectivity index (χ3n) is 11.7. The predicted molar refractivity (Wildman–Crippen MR) is 131 cm³/mol. The number of hydrogen-bond acceptors (Lipinski definition) is 0. The van der Waals surface area contributed by atoms with Crippen LogP contribution in [0.5, 0.6) is 0 Å². The van der Waals surface area contributed by atoms with Crippen molar-refractivity contribution >= 4 is 0 Å². The van der Waals surface area contributed by atoms with E-state index in [9.17, 15) is 0 Å². The standard InChI is InChI=1S/C30H50/c1-21(2)11-9-12-22(3)23-15-19-29(7)24(23)13-14-26-28(6)18-10-17-27(4,5)25(28)16-20-30(26,29)8/h11,23-26H,3,9-10,12-20H2,1-2,4-8H3/t23-,24-,25+,26-,28+,29-,30-/m1/s1. The molecular formula is C30H50. The highest BCUT2D eigenvalue weighted by Crippen LogP contribution is 2.75. The molecule has 0 aromatic carbocycles. The van der Waals surface area contributed by atoms with Gasteiger partial charge >= 0.3 is 0 Å². The van der Waals surface area contributed by atoms with Crippen molar-refractivity contribution < 1.29 is 0 Å². The first kappa shape index (κ1) is 22.7. The molecule has 0 radical (unpaired) electrons. The molecule has 30 heavy (non-hydrogen) atoms. The molecule has 0 N–H and O–H groups in total. The molecule has 0 saturated heterocycles. The number of hydrogen-bond donors (Lipinski definition) is 0. The van der Waals surface area contributed by atoms with Gasteiger partial charge in [0.25, 0.3) is 0 Å². The van der Waals surface area contributed by atoms with Crippen molar-refractivity contribution in [1.82, 2.24) is 0 Å². The Balaban J connectivity index is 1.58. The van der Waals surface area contributed by atoms with E-state index in [1.165, 1.54) is 76.2 Å². The highest BCUT2D eigenvalue weighted by molar-refractivity contribution is 5.20. The zero-order valence-electron chi connectivity index (χ0n) is 21.4. The minimum Gasteiger partial charge on any atom is -0.0996 e. The van der Waals surface area contributed by atoms with E-state index < -0.39 is 0 Å². The Labute approximate surface area is 188 Å². The monoisotopic (exact) mass is 410 g/mol. The molecule has 4 saturated carbocycles. The van der Waals surface area contributed by atoms with E-state index in [1.807, 2.05) is 0 Å². The highest BCUT2D eigenvalue weighted by Gasteiger charge is 2.67. The van der Waals surface area contributed by atoms with Gasteiger partial charge in [0.2, 0.25) is 0 Å². The molecule has 4 fully saturated rings. The lowest BCUT2D eigenvalue weighted by molar-refractivity contribution is -0.201. The Morgan fingerprint density at radius 1 is 0.833 bits per heavy atom. The molecule has 0 bridgehead atoms. The Bertz CT molecular complexity index is 706. The van der Waals surface area contributed by atoms with Gasteiger partial charge in [-0.25, -0.2) is 0 Å². The second kappa shape index (κ2) is 7.52. The Morgan fingerprint density at radius 3 is 2.23 bits per heavy atom. The van der Waals surface area contributed by atoms with E-state index in [0.717, 1.165) is 23.7 Å². The minimum absolute atomic E-state index is 0.523. The van der Waals surface area contributed by atoms with E-state index in [2.05, 4.69) is 61.1 Å². The predicted octanol–water partition coefficient (Wildman–Crippen LogP) is 9.36. The fourth-order valence-corrected chi connectivity index (χ4v) is 10.1. The minimum atomic E-state index is 0.523. The van der Waals surface area contributed by atoms with Crippen molar-refractivity contribution in [3.05, 3.63) is 23.8 Å². The van der Waals surface area contributed by atoms with Crippen LogP contribution in [0.25, 0.3) is 0 Å². The molecule has 4 aliphatic rings. The largest absolute Gasteiger partial charge is 0.0996 e. The van der Waals surface area contributed by atoms with E-state index in [1.54, 1.807) is 5.57 Å². The van der Waals surface area contributed by atoms with Gasteiger partial charge in [-0.05, 0) is 123 Å². The van der Waals surface area contributed by atoms with Crippen LogP contribution in [-0.4, -0.2) is 0 Å². The van der Waals surface area contributed by atoms with Crippen LogP contribution in [0, 0.1) is 45.3 Å². The first-order valence-electron chi connectivity index (χ1n) is 13.3. The SMILES string of the molecule is C=C(CCC=C(C)C)[C@H]1CC[C@]2(C)[C@@H]1CC[C@@H]1[C@@]3(C)CCCC(C)(C)[C@@H]3CC[C@]12C. The summed E-state index contributed by atoms with van der Waals surface area (Å²) in [6, 6.07) is 0. The summed E-state index contributed by atoms with van der Waals surface area (Å²) in [6.07, 6.45) is 17.9. The fraction of sp³-hybridized carbons (Fsp3) is 0.867. The smallest absolute Gasteiger partial charge is 0.0172 e. The molecule has 0 aromatic heterocycles. The lowest BCUT2D eigenvalue weighted by atomic mass is 9.36. The van der Waals surface area contributed by atoms with E-state index in [0.29, 0.717) is 21.7 Å². The molecule has 0 unspecified atom stereocenters. The summed E-state index contributed by atoms with van der Waals surface area (Å²) in [5.41, 5.74) is 5.19. The molecule has 0 nitrogen and oxygen atoms in total. The maximum absolute atomic E-state index is 4.65. The third kappa shape index (κ3) is 3.21. The average molecular weight is 411 g/mol. The first-order chi connectivity index (χ1) is 14.0. The van der Waals surface area contributed by atoms with Crippen molar-refractivity contribution in [2.24, 2.45) is 45.3 Å². The van der Waals surface area contributed by atoms with Gasteiger partial charge in [0, 0.05) is 0 Å². The summed E-state index contributed by atoms with van der Waals surface area (Å²) in [5.74, 6) is 3.54. The van der Waals surface area contributed by atoms with Crippen molar-refractivity contribution in [2.45, 2.75) is 119 Å². The van der Waals surface area contributed by atoms with Crippen LogP contribution < -0.4 is 0 Å². The van der Waals surface area contributed by atoms with Crippen LogP contribution in [0.3, 0.4) is 0 Å². The lowest BCUT2D eigenvalue weighted by Gasteiger charge is -2.69. The average Bonchev–Trinajstić information content (AvgIpc) is 2.99. The van der Waals surface area contributed by atoms with Gasteiger partial charge in [-0.2, -0.15) is 0 Å². The fourth-order valence-electron chi connectivity index (χ4n) is 10.1. The zero-order valence-corrected chi connectivity index (χ0v) is 21.4. The second-order valence-electron chi connectivity index (χ2n) is 13.6. The van der Waals surface area contributed by atoms with Crippen LogP contribution in [0.2, 0.25) is 0 Å². The normalized spacial score (nSPS) is 47.0. The van der Waals surface area contributed by atoms with E-state index >= 15 is 0 Å². The van der Waals surface area contributed by atoms with Crippen LogP contribution in [-0.2, 0) is 0 Å². The van der Waals surface area contributed by atoms with Crippen molar-refractivity contribution in [2.75, 3.05) is 0 Å². The van der Waals surface area contributed by atoms with Crippen LogP contribution in [0.1, 0.15) is 119 Å². The summed E-state index contributed by atoms with van der Waals surface area (Å²) < 4.78 is 0. The van der Waals surface area contributed by atoms with Gasteiger partial charge in [0.1, 0.15) is 0 Å². The van der Waals surface area contributed by atoms with Gasteiger partial charge in [-0.1, -0.05) is 64.8 Å². The zero-order chi connectivity index (χ0) is 21.9. The Hall–Kier alpha value is -0.520. The lowest BCUT2D eigenvalue weighted by Crippen LogP contribution is -2.62. The molecule has 0 spiro atoms. The van der Waals surface area contributed by atoms with E-state index in [4.69, 9.17) is 0 Å². The first-order valence-corrected chi connectivity index (χ1v) is 13.3. The van der Waals surface area contributed by atoms with Crippen LogP contribution in [0.15, 0.2) is 23.8 Å². The Kier molecular flexibility index (Phi) is 5.68. The summed E-state index contributed by atoms with van der Waals surface area (Å²) in [6.45, 7) is 22.5. The number of allylic oxidation sites excluding steroid dienone is 3. The second-order valence-corrected chi connectivity index (χ2v) is 13.6. The molecule has 0 aromatic rings. The molecule has 4 aliphatic carbocycles. The van der Waals surface area contributed by atoms with Gasteiger partial charge in [0.15, 0.2) is 0 Å². The molecule has 7 atom stereocenters. The summed E-state index contributed by atoms with van der Waals surface area (Å²) in [4.78, 5) is 0. The van der Waals surface area contributed by atoms with Gasteiger partial charge < -0.3 is 0 Å². The maximum Gasteiger partial charge on any atom is -0.0172 e. The number of fused-ring (bicyclic) bond motifs is 5. The summed E-state index contributed by atoms with van der Waals surface area (Å²) in [7, 11) is 0. The van der Waals surface area contributed by atoms with Gasteiger partial charge in [-0.15, -0.1) is 0 Å². The third-order valence-corrected chi connectivity index (χ3v) is 11.7. The summed E-state index contributed by atoms with van der Waals surface area (Å²) >= 11 is 0. The molecular weight excluding hydrogens is 360 g/mol.